The summed E-state index contributed by atoms with van der Waals surface area (Å²) in [5, 5.41) is 12.7. The second-order valence-corrected chi connectivity index (χ2v) is 3.96. The zero-order valence-corrected chi connectivity index (χ0v) is 9.93. The first-order valence-corrected chi connectivity index (χ1v) is 5.63. The van der Waals surface area contributed by atoms with Crippen LogP contribution < -0.4 is 0 Å². The van der Waals surface area contributed by atoms with Crippen molar-refractivity contribution in [2.24, 2.45) is 0 Å². The summed E-state index contributed by atoms with van der Waals surface area (Å²) in [6.45, 7) is 2.72. The average Bonchev–Trinajstić information content (AvgIpc) is 2.80. The molecule has 1 aromatic heterocycles. The second kappa shape index (κ2) is 5.00. The summed E-state index contributed by atoms with van der Waals surface area (Å²) in [6, 6.07) is 4.55. The molecule has 18 heavy (non-hydrogen) atoms. The number of halogens is 1. The number of carbonyl (C=O) groups is 1. The van der Waals surface area contributed by atoms with Gasteiger partial charge < -0.3 is 5.11 Å². The van der Waals surface area contributed by atoms with Crippen LogP contribution in [0.25, 0.3) is 11.1 Å². The Morgan fingerprint density at radius 3 is 2.78 bits per heavy atom. The van der Waals surface area contributed by atoms with Crippen LogP contribution in [0.3, 0.4) is 0 Å². The lowest BCUT2D eigenvalue weighted by molar-refractivity contribution is -0.136. The highest BCUT2D eigenvalue weighted by molar-refractivity contribution is 5.71. The summed E-state index contributed by atoms with van der Waals surface area (Å²) in [7, 11) is 0. The molecule has 0 fully saturated rings. The predicted octanol–water partition coefficient (Wildman–Crippen LogP) is 2.34. The van der Waals surface area contributed by atoms with Crippen LogP contribution in [-0.4, -0.2) is 20.9 Å². The summed E-state index contributed by atoms with van der Waals surface area (Å²) < 4.78 is 15.4. The Bertz CT molecular complexity index is 578. The largest absolute Gasteiger partial charge is 0.481 e. The van der Waals surface area contributed by atoms with Gasteiger partial charge in [-0.1, -0.05) is 12.1 Å². The third kappa shape index (κ3) is 2.56. The summed E-state index contributed by atoms with van der Waals surface area (Å²) in [4.78, 5) is 10.5. The highest BCUT2D eigenvalue weighted by atomic mass is 19.1. The Morgan fingerprint density at radius 1 is 1.44 bits per heavy atom. The minimum absolute atomic E-state index is 0.189. The lowest BCUT2D eigenvalue weighted by Crippen LogP contribution is -2.02. The number of hydrogen-bond acceptors (Lipinski definition) is 2. The van der Waals surface area contributed by atoms with Gasteiger partial charge in [0.2, 0.25) is 0 Å². The van der Waals surface area contributed by atoms with E-state index in [1.54, 1.807) is 16.9 Å². The number of rotatable bonds is 4. The Hall–Kier alpha value is -2.17. The van der Waals surface area contributed by atoms with Gasteiger partial charge in [-0.3, -0.25) is 9.48 Å². The molecular weight excluding hydrogens is 235 g/mol. The van der Waals surface area contributed by atoms with Gasteiger partial charge in [0, 0.05) is 18.3 Å². The molecule has 0 aliphatic carbocycles. The lowest BCUT2D eigenvalue weighted by Gasteiger charge is -2.02. The molecule has 1 N–H and O–H groups in total. The molecule has 4 nitrogen and oxygen atoms in total. The van der Waals surface area contributed by atoms with E-state index in [2.05, 4.69) is 5.10 Å². The number of nitrogens with zero attached hydrogens (tertiary/aromatic N) is 2. The lowest BCUT2D eigenvalue weighted by atomic mass is 10.0. The maximum atomic E-state index is 13.7. The van der Waals surface area contributed by atoms with Gasteiger partial charge in [0.05, 0.1) is 12.6 Å². The zero-order valence-electron chi connectivity index (χ0n) is 9.93. The van der Waals surface area contributed by atoms with E-state index in [-0.39, 0.29) is 12.0 Å². The molecule has 1 aromatic carbocycles. The predicted molar refractivity (Wildman–Crippen MR) is 64.6 cm³/mol. The molecule has 0 aliphatic rings. The first kappa shape index (κ1) is 12.3. The molecule has 94 valence electrons. The van der Waals surface area contributed by atoms with Crippen molar-refractivity contribution in [3.63, 3.8) is 0 Å². The molecule has 0 spiro atoms. The van der Waals surface area contributed by atoms with Crippen molar-refractivity contribution in [3.05, 3.63) is 42.0 Å². The molecule has 0 radical (unpaired) electrons. The Morgan fingerprint density at radius 2 is 2.22 bits per heavy atom. The number of carboxylic acid groups (broad SMARTS) is 1. The first-order chi connectivity index (χ1) is 8.60. The SMILES string of the molecule is CCn1cc(-c2ccc(CC(=O)O)c(F)c2)cn1. The van der Waals surface area contributed by atoms with E-state index in [0.717, 1.165) is 12.1 Å². The normalized spacial score (nSPS) is 10.6. The third-order valence-electron chi connectivity index (χ3n) is 2.69. The fourth-order valence-corrected chi connectivity index (χ4v) is 1.72. The molecule has 0 unspecified atom stereocenters. The molecule has 0 amide bonds. The van der Waals surface area contributed by atoms with Gasteiger partial charge in [0.25, 0.3) is 0 Å². The zero-order chi connectivity index (χ0) is 13.1. The summed E-state index contributed by atoms with van der Waals surface area (Å²) in [6.07, 6.45) is 3.18. The molecule has 0 saturated heterocycles. The number of aliphatic carboxylic acids is 1. The van der Waals surface area contributed by atoms with E-state index in [1.807, 2.05) is 13.1 Å². The van der Waals surface area contributed by atoms with Gasteiger partial charge >= 0.3 is 5.97 Å². The van der Waals surface area contributed by atoms with Crippen molar-refractivity contribution >= 4 is 5.97 Å². The van der Waals surface area contributed by atoms with E-state index in [4.69, 9.17) is 5.11 Å². The monoisotopic (exact) mass is 248 g/mol. The maximum absolute atomic E-state index is 13.7. The van der Waals surface area contributed by atoms with Gasteiger partial charge in [0.1, 0.15) is 5.82 Å². The fraction of sp³-hybridized carbons (Fsp3) is 0.231. The summed E-state index contributed by atoms with van der Waals surface area (Å²) in [5.74, 6) is -1.54. The van der Waals surface area contributed by atoms with Gasteiger partial charge in [-0.15, -0.1) is 0 Å². The quantitative estimate of drug-likeness (QED) is 0.903. The third-order valence-corrected chi connectivity index (χ3v) is 2.69. The van der Waals surface area contributed by atoms with Gasteiger partial charge in [-0.25, -0.2) is 4.39 Å². The summed E-state index contributed by atoms with van der Waals surface area (Å²) >= 11 is 0. The van der Waals surface area contributed by atoms with Crippen LogP contribution in [-0.2, 0) is 17.8 Å². The van der Waals surface area contributed by atoms with Crippen LogP contribution in [0.15, 0.2) is 30.6 Å². The smallest absolute Gasteiger partial charge is 0.307 e. The van der Waals surface area contributed by atoms with Crippen molar-refractivity contribution in [1.29, 1.82) is 0 Å². The van der Waals surface area contributed by atoms with E-state index in [0.29, 0.717) is 5.56 Å². The summed E-state index contributed by atoms with van der Waals surface area (Å²) in [5.41, 5.74) is 1.70. The van der Waals surface area contributed by atoms with Crippen LogP contribution >= 0.6 is 0 Å². The maximum Gasteiger partial charge on any atom is 0.307 e. The molecule has 2 aromatic rings. The Kier molecular flexibility index (Phi) is 3.41. The standard InChI is InChI=1S/C13H13FN2O2/c1-2-16-8-11(7-15-16)9-3-4-10(6-13(17)18)12(14)5-9/h3-5,7-8H,2,6H2,1H3,(H,17,18). The molecule has 0 bridgehead atoms. The second-order valence-electron chi connectivity index (χ2n) is 3.96. The van der Waals surface area contributed by atoms with Crippen molar-refractivity contribution in [2.45, 2.75) is 19.9 Å². The van der Waals surface area contributed by atoms with Gasteiger partial charge in [-0.2, -0.15) is 5.10 Å². The number of aryl methyl sites for hydroxylation is 1. The van der Waals surface area contributed by atoms with Crippen molar-refractivity contribution in [1.82, 2.24) is 9.78 Å². The van der Waals surface area contributed by atoms with Crippen molar-refractivity contribution < 1.29 is 14.3 Å². The number of benzene rings is 1. The van der Waals surface area contributed by atoms with Crippen molar-refractivity contribution in [3.8, 4) is 11.1 Å². The molecule has 0 atom stereocenters. The van der Waals surface area contributed by atoms with Crippen LogP contribution in [0, 0.1) is 5.82 Å². The fourth-order valence-electron chi connectivity index (χ4n) is 1.72. The van der Waals surface area contributed by atoms with E-state index >= 15 is 0 Å². The number of hydrogen-bond donors (Lipinski definition) is 1. The molecule has 0 aliphatic heterocycles. The minimum Gasteiger partial charge on any atom is -0.481 e. The Labute approximate surface area is 104 Å². The topological polar surface area (TPSA) is 55.1 Å². The molecule has 5 heteroatoms. The average molecular weight is 248 g/mol. The Balaban J connectivity index is 2.30. The number of carboxylic acids is 1. The number of aromatic nitrogens is 2. The van der Waals surface area contributed by atoms with Crippen LogP contribution in [0.4, 0.5) is 4.39 Å². The molecular formula is C13H13FN2O2. The van der Waals surface area contributed by atoms with Gasteiger partial charge in [0.15, 0.2) is 0 Å². The first-order valence-electron chi connectivity index (χ1n) is 5.63. The van der Waals surface area contributed by atoms with E-state index < -0.39 is 11.8 Å². The highest BCUT2D eigenvalue weighted by Crippen LogP contribution is 2.21. The van der Waals surface area contributed by atoms with Gasteiger partial charge in [-0.05, 0) is 24.1 Å². The molecule has 2 rings (SSSR count). The van der Waals surface area contributed by atoms with Crippen LogP contribution in [0.5, 0.6) is 0 Å². The molecule has 0 saturated carbocycles. The van der Waals surface area contributed by atoms with Crippen molar-refractivity contribution in [2.75, 3.05) is 0 Å². The van der Waals surface area contributed by atoms with Crippen LogP contribution in [0.1, 0.15) is 12.5 Å². The molecule has 1 heterocycles. The van der Waals surface area contributed by atoms with Crippen LogP contribution in [0.2, 0.25) is 0 Å². The highest BCUT2D eigenvalue weighted by Gasteiger charge is 2.09. The minimum atomic E-state index is -1.04. The van der Waals surface area contributed by atoms with E-state index in [1.165, 1.54) is 12.1 Å². The van der Waals surface area contributed by atoms with E-state index in [9.17, 15) is 9.18 Å².